The van der Waals surface area contributed by atoms with Crippen molar-refractivity contribution in [3.63, 3.8) is 0 Å². The first-order chi connectivity index (χ1) is 8.89. The largest absolute Gasteiger partial charge is 0.345 e. The predicted molar refractivity (Wildman–Crippen MR) is 70.2 cm³/mol. The molecular formula is C10H17NO6P2. The SMILES string of the molecule is COP(=O)(O)C(Cc1ccccn1)P(=O)(OC)OC. The Labute approximate surface area is 112 Å². The molecule has 0 aliphatic carbocycles. The second-order valence-corrected chi connectivity index (χ2v) is 8.61. The van der Waals surface area contributed by atoms with Crippen LogP contribution >= 0.6 is 15.2 Å². The summed E-state index contributed by atoms with van der Waals surface area (Å²) < 4.78 is 38.6. The van der Waals surface area contributed by atoms with Crippen LogP contribution in [0.1, 0.15) is 5.69 Å². The molecule has 2 unspecified atom stereocenters. The summed E-state index contributed by atoms with van der Waals surface area (Å²) in [6, 6.07) is 5.08. The molecular weight excluding hydrogens is 292 g/mol. The Bertz CT molecular complexity index is 486. The molecule has 0 amide bonds. The van der Waals surface area contributed by atoms with Crippen LogP contribution in [0.5, 0.6) is 0 Å². The molecule has 108 valence electrons. The van der Waals surface area contributed by atoms with Crippen molar-refractivity contribution < 1.29 is 27.6 Å². The van der Waals surface area contributed by atoms with Gasteiger partial charge in [0, 0.05) is 39.6 Å². The maximum absolute atomic E-state index is 12.4. The standard InChI is InChI=1S/C10H17NO6P2/c1-15-18(12,13)10(19(14,16-2)17-3)8-9-6-4-5-7-11-9/h4-7,10H,8H2,1-3H3,(H,12,13). The highest BCUT2D eigenvalue weighted by Crippen LogP contribution is 2.67. The summed E-state index contributed by atoms with van der Waals surface area (Å²) >= 11 is 0. The van der Waals surface area contributed by atoms with E-state index in [4.69, 9.17) is 9.05 Å². The van der Waals surface area contributed by atoms with Crippen LogP contribution in [-0.4, -0.2) is 36.6 Å². The second-order valence-electron chi connectivity index (χ2n) is 3.66. The molecule has 1 aromatic heterocycles. The molecule has 19 heavy (non-hydrogen) atoms. The van der Waals surface area contributed by atoms with Crippen LogP contribution in [0.15, 0.2) is 24.4 Å². The molecule has 0 bridgehead atoms. The average molecular weight is 309 g/mol. The Hall–Kier alpha value is -0.550. The lowest BCUT2D eigenvalue weighted by Gasteiger charge is -2.26. The lowest BCUT2D eigenvalue weighted by atomic mass is 10.3. The molecule has 0 aliphatic heterocycles. The number of aromatic nitrogens is 1. The number of pyridine rings is 1. The van der Waals surface area contributed by atoms with Crippen LogP contribution in [0.4, 0.5) is 0 Å². The molecule has 0 saturated heterocycles. The number of rotatable bonds is 7. The third-order valence-corrected chi connectivity index (χ3v) is 7.74. The van der Waals surface area contributed by atoms with E-state index in [0.29, 0.717) is 5.69 Å². The second kappa shape index (κ2) is 6.75. The van der Waals surface area contributed by atoms with Crippen molar-refractivity contribution in [1.29, 1.82) is 0 Å². The predicted octanol–water partition coefficient (Wildman–Crippen LogP) is 2.27. The molecule has 0 saturated carbocycles. The van der Waals surface area contributed by atoms with E-state index in [9.17, 15) is 14.0 Å². The summed E-state index contributed by atoms with van der Waals surface area (Å²) in [4.78, 5) is 13.8. The minimum atomic E-state index is -4.16. The van der Waals surface area contributed by atoms with Crippen LogP contribution in [-0.2, 0) is 29.1 Å². The topological polar surface area (TPSA) is 95.0 Å². The van der Waals surface area contributed by atoms with E-state index >= 15 is 0 Å². The van der Waals surface area contributed by atoms with E-state index in [1.165, 1.54) is 6.20 Å². The molecule has 9 heteroatoms. The smallest absolute Gasteiger partial charge is 0.324 e. The van der Waals surface area contributed by atoms with Gasteiger partial charge in [0.05, 0.1) is 0 Å². The molecule has 0 radical (unpaired) electrons. The maximum Gasteiger partial charge on any atom is 0.345 e. The zero-order chi connectivity index (χ0) is 14.5. The number of hydrogen-bond donors (Lipinski definition) is 1. The summed E-state index contributed by atoms with van der Waals surface area (Å²) in [5.41, 5.74) is 0.494. The van der Waals surface area contributed by atoms with Gasteiger partial charge in [0.2, 0.25) is 0 Å². The minimum Gasteiger partial charge on any atom is -0.324 e. The van der Waals surface area contributed by atoms with E-state index < -0.39 is 20.6 Å². The Morgan fingerprint density at radius 2 is 1.84 bits per heavy atom. The van der Waals surface area contributed by atoms with E-state index in [2.05, 4.69) is 9.51 Å². The van der Waals surface area contributed by atoms with Gasteiger partial charge in [-0.15, -0.1) is 0 Å². The van der Waals surface area contributed by atoms with Crippen LogP contribution < -0.4 is 0 Å². The lowest BCUT2D eigenvalue weighted by Crippen LogP contribution is -2.17. The van der Waals surface area contributed by atoms with Gasteiger partial charge in [0.15, 0.2) is 5.40 Å². The first-order valence-electron chi connectivity index (χ1n) is 5.39. The fourth-order valence-corrected chi connectivity index (χ4v) is 5.54. The van der Waals surface area contributed by atoms with E-state index in [0.717, 1.165) is 21.3 Å². The van der Waals surface area contributed by atoms with Crippen LogP contribution in [0.3, 0.4) is 0 Å². The summed E-state index contributed by atoms with van der Waals surface area (Å²) in [7, 11) is -4.54. The third-order valence-electron chi connectivity index (χ3n) is 2.63. The van der Waals surface area contributed by atoms with E-state index in [-0.39, 0.29) is 6.42 Å². The fraction of sp³-hybridized carbons (Fsp3) is 0.500. The van der Waals surface area contributed by atoms with Crippen LogP contribution in [0.25, 0.3) is 0 Å². The van der Waals surface area contributed by atoms with Crippen molar-refractivity contribution in [1.82, 2.24) is 4.98 Å². The zero-order valence-electron chi connectivity index (χ0n) is 10.9. The van der Waals surface area contributed by atoms with Crippen molar-refractivity contribution in [3.05, 3.63) is 30.1 Å². The monoisotopic (exact) mass is 309 g/mol. The average Bonchev–Trinajstić information content (AvgIpc) is 2.45. The number of hydrogen-bond acceptors (Lipinski definition) is 6. The Balaban J connectivity index is 3.14. The lowest BCUT2D eigenvalue weighted by molar-refractivity contribution is 0.259. The zero-order valence-corrected chi connectivity index (χ0v) is 12.7. The highest BCUT2D eigenvalue weighted by molar-refractivity contribution is 7.72. The third kappa shape index (κ3) is 3.96. The normalized spacial score (nSPS) is 16.8. The molecule has 0 aromatic carbocycles. The van der Waals surface area contributed by atoms with Crippen LogP contribution in [0, 0.1) is 0 Å². The molecule has 0 fully saturated rings. The molecule has 1 N–H and O–H groups in total. The molecule has 7 nitrogen and oxygen atoms in total. The van der Waals surface area contributed by atoms with Crippen molar-refractivity contribution in [2.24, 2.45) is 0 Å². The van der Waals surface area contributed by atoms with Gasteiger partial charge in [-0.25, -0.2) is 0 Å². The van der Waals surface area contributed by atoms with Gasteiger partial charge in [0.1, 0.15) is 0 Å². The summed E-state index contributed by atoms with van der Waals surface area (Å²) in [6.45, 7) is 0. The highest BCUT2D eigenvalue weighted by atomic mass is 31.2. The molecule has 0 spiro atoms. The molecule has 1 heterocycles. The number of nitrogens with zero attached hydrogens (tertiary/aromatic N) is 1. The van der Waals surface area contributed by atoms with Gasteiger partial charge >= 0.3 is 15.2 Å². The highest BCUT2D eigenvalue weighted by Gasteiger charge is 2.48. The van der Waals surface area contributed by atoms with E-state index in [1.54, 1.807) is 18.2 Å². The van der Waals surface area contributed by atoms with Crippen molar-refractivity contribution >= 4 is 15.2 Å². The van der Waals surface area contributed by atoms with Gasteiger partial charge < -0.3 is 18.5 Å². The van der Waals surface area contributed by atoms with E-state index in [1.807, 2.05) is 0 Å². The van der Waals surface area contributed by atoms with Gasteiger partial charge in [-0.3, -0.25) is 14.1 Å². The molecule has 1 aromatic rings. The first-order valence-corrected chi connectivity index (χ1v) is 8.64. The Morgan fingerprint density at radius 3 is 2.26 bits per heavy atom. The Kier molecular flexibility index (Phi) is 5.86. The molecule has 0 aliphatic rings. The van der Waals surface area contributed by atoms with Crippen molar-refractivity contribution in [3.8, 4) is 0 Å². The molecule has 1 rings (SSSR count). The van der Waals surface area contributed by atoms with Crippen molar-refractivity contribution in [2.75, 3.05) is 21.3 Å². The van der Waals surface area contributed by atoms with Gasteiger partial charge in [0.25, 0.3) is 0 Å². The fourth-order valence-electron chi connectivity index (χ4n) is 1.55. The summed E-state index contributed by atoms with van der Waals surface area (Å²) in [5, 5.41) is -1.32. The Morgan fingerprint density at radius 1 is 1.21 bits per heavy atom. The summed E-state index contributed by atoms with van der Waals surface area (Å²) in [5.74, 6) is 0. The minimum absolute atomic E-state index is 0.0542. The maximum atomic E-state index is 12.4. The van der Waals surface area contributed by atoms with Gasteiger partial charge in [-0.05, 0) is 12.1 Å². The quantitative estimate of drug-likeness (QED) is 0.772. The first kappa shape index (κ1) is 16.5. The van der Waals surface area contributed by atoms with Gasteiger partial charge in [-0.2, -0.15) is 0 Å². The van der Waals surface area contributed by atoms with Crippen LogP contribution in [0.2, 0.25) is 0 Å². The van der Waals surface area contributed by atoms with Gasteiger partial charge in [-0.1, -0.05) is 6.07 Å². The molecule has 2 atom stereocenters. The summed E-state index contributed by atoms with van der Waals surface area (Å²) in [6.07, 6.45) is 1.48. The van der Waals surface area contributed by atoms with Crippen molar-refractivity contribution in [2.45, 2.75) is 11.8 Å².